The van der Waals surface area contributed by atoms with Crippen molar-refractivity contribution in [1.82, 2.24) is 0 Å². The van der Waals surface area contributed by atoms with Gasteiger partial charge in [0.15, 0.2) is 0 Å². The first-order valence-corrected chi connectivity index (χ1v) is 11.7. The van der Waals surface area contributed by atoms with Crippen molar-refractivity contribution in [3.63, 3.8) is 0 Å². The summed E-state index contributed by atoms with van der Waals surface area (Å²) in [7, 11) is -7.02. The van der Waals surface area contributed by atoms with E-state index in [0.29, 0.717) is 20.1 Å². The Kier molecular flexibility index (Phi) is 6.71. The van der Waals surface area contributed by atoms with E-state index in [0.717, 1.165) is 0 Å². The van der Waals surface area contributed by atoms with Crippen LogP contribution in [0.2, 0.25) is 0 Å². The molecule has 0 amide bonds. The molecule has 0 N–H and O–H groups in total. The summed E-state index contributed by atoms with van der Waals surface area (Å²) in [5, 5.41) is 0. The number of hydrogen-bond donors (Lipinski definition) is 0. The zero-order valence-electron chi connectivity index (χ0n) is 11.3. The van der Waals surface area contributed by atoms with Gasteiger partial charge in [-0.15, -0.1) is 0 Å². The molecule has 0 heterocycles. The third-order valence-electron chi connectivity index (χ3n) is 3.03. The molecule has 0 radical (unpaired) electrons. The normalized spacial score (nSPS) is 17.5. The first kappa shape index (κ1) is 18.6. The van der Waals surface area contributed by atoms with E-state index >= 15 is 0 Å². The van der Waals surface area contributed by atoms with Crippen LogP contribution in [0.1, 0.15) is 25.0 Å². The molecular formula is C12H16Br2O4P2-2. The van der Waals surface area contributed by atoms with E-state index in [9.17, 15) is 18.9 Å². The van der Waals surface area contributed by atoms with Crippen molar-refractivity contribution in [2.75, 3.05) is 12.3 Å². The maximum atomic E-state index is 11.8. The molecular weight excluding hydrogens is 430 g/mol. The van der Waals surface area contributed by atoms with E-state index in [1.54, 1.807) is 26.0 Å². The average molecular weight is 446 g/mol. The first-order chi connectivity index (χ1) is 9.10. The fourth-order valence-electron chi connectivity index (χ4n) is 1.67. The second-order valence-corrected chi connectivity index (χ2v) is 11.5. The first-order valence-electron chi connectivity index (χ1n) is 6.15. The number of halogens is 2. The highest BCUT2D eigenvalue weighted by atomic mass is 79.9. The molecule has 4 nitrogen and oxygen atoms in total. The maximum Gasteiger partial charge on any atom is 0.0320 e. The SMILES string of the molecule is CCP(=O)([O-])Cc1cc(Br)c(Br)cc1CP(=O)([O-])CC. The molecule has 0 bridgehead atoms. The molecule has 1 aromatic carbocycles. The summed E-state index contributed by atoms with van der Waals surface area (Å²) in [5.41, 5.74) is 1.09. The zero-order chi connectivity index (χ0) is 15.6. The molecule has 2 unspecified atom stereocenters. The molecule has 114 valence electrons. The smallest absolute Gasteiger partial charge is 0.0320 e. The predicted octanol–water partition coefficient (Wildman–Crippen LogP) is 3.53. The van der Waals surface area contributed by atoms with Gasteiger partial charge in [0.25, 0.3) is 0 Å². The van der Waals surface area contributed by atoms with Gasteiger partial charge < -0.3 is 18.9 Å². The van der Waals surface area contributed by atoms with Crippen molar-refractivity contribution >= 4 is 46.6 Å². The van der Waals surface area contributed by atoms with Crippen LogP contribution >= 0.6 is 46.6 Å². The average Bonchev–Trinajstić information content (AvgIpc) is 2.35. The van der Waals surface area contributed by atoms with Crippen LogP contribution in [0.4, 0.5) is 0 Å². The number of benzene rings is 1. The lowest BCUT2D eigenvalue weighted by Crippen LogP contribution is -2.10. The van der Waals surface area contributed by atoms with Crippen LogP contribution in [-0.2, 0) is 21.5 Å². The number of hydrogen-bond acceptors (Lipinski definition) is 4. The summed E-state index contributed by atoms with van der Waals surface area (Å²) >= 11 is 6.64. The van der Waals surface area contributed by atoms with Crippen molar-refractivity contribution in [2.45, 2.75) is 26.2 Å². The van der Waals surface area contributed by atoms with Gasteiger partial charge in [-0.2, -0.15) is 0 Å². The highest BCUT2D eigenvalue weighted by Crippen LogP contribution is 2.45. The Morgan fingerprint density at radius 1 is 0.900 bits per heavy atom. The fourth-order valence-corrected chi connectivity index (χ4v) is 4.52. The van der Waals surface area contributed by atoms with Gasteiger partial charge in [0.1, 0.15) is 0 Å². The molecule has 1 aromatic rings. The topological polar surface area (TPSA) is 80.3 Å². The molecule has 20 heavy (non-hydrogen) atoms. The summed E-state index contributed by atoms with van der Waals surface area (Å²) in [6.45, 7) is 3.18. The monoisotopic (exact) mass is 444 g/mol. The van der Waals surface area contributed by atoms with Crippen molar-refractivity contribution in [1.29, 1.82) is 0 Å². The van der Waals surface area contributed by atoms with E-state index in [1.165, 1.54) is 0 Å². The molecule has 0 aliphatic heterocycles. The van der Waals surface area contributed by atoms with Crippen molar-refractivity contribution in [2.24, 2.45) is 0 Å². The van der Waals surface area contributed by atoms with Gasteiger partial charge in [-0.3, -0.25) is 0 Å². The van der Waals surface area contributed by atoms with E-state index in [-0.39, 0.29) is 24.6 Å². The maximum absolute atomic E-state index is 11.8. The Balaban J connectivity index is 3.24. The molecule has 0 fully saturated rings. The molecule has 0 saturated heterocycles. The summed E-state index contributed by atoms with van der Waals surface area (Å²) in [6.07, 6.45) is -0.116. The Morgan fingerprint density at radius 3 is 1.45 bits per heavy atom. The summed E-state index contributed by atoms with van der Waals surface area (Å²) in [6, 6.07) is 3.35. The minimum Gasteiger partial charge on any atom is -0.799 e. The number of rotatable bonds is 6. The highest BCUT2D eigenvalue weighted by molar-refractivity contribution is 9.13. The third kappa shape index (κ3) is 5.40. The molecule has 0 aliphatic carbocycles. The Labute approximate surface area is 136 Å². The lowest BCUT2D eigenvalue weighted by Gasteiger charge is -2.26. The van der Waals surface area contributed by atoms with Gasteiger partial charge in [-0.1, -0.05) is 13.8 Å². The van der Waals surface area contributed by atoms with Crippen LogP contribution in [0.3, 0.4) is 0 Å². The molecule has 0 saturated carbocycles. The molecule has 1 rings (SSSR count). The Bertz CT molecular complexity index is 538. The largest absolute Gasteiger partial charge is 0.799 e. The van der Waals surface area contributed by atoms with Gasteiger partial charge in [-0.05, 0) is 67.4 Å². The van der Waals surface area contributed by atoms with Crippen LogP contribution in [0.15, 0.2) is 21.1 Å². The van der Waals surface area contributed by atoms with Gasteiger partial charge >= 0.3 is 0 Å². The van der Waals surface area contributed by atoms with Crippen molar-refractivity contribution in [3.05, 3.63) is 32.2 Å². The van der Waals surface area contributed by atoms with Gasteiger partial charge in [0.2, 0.25) is 0 Å². The van der Waals surface area contributed by atoms with Gasteiger partial charge in [0, 0.05) is 36.0 Å². The van der Waals surface area contributed by atoms with Gasteiger partial charge in [0.05, 0.1) is 0 Å². The summed E-state index contributed by atoms with van der Waals surface area (Å²) in [4.78, 5) is 23.6. The fraction of sp³-hybridized carbons (Fsp3) is 0.500. The summed E-state index contributed by atoms with van der Waals surface area (Å²) in [5.74, 6) is 0. The standard InChI is InChI=1S/C12H18Br2O4P2/c1-3-19(15,16)7-9-5-11(13)12(14)6-10(9)8-20(17,18)4-2/h5-6H,3-4,7-8H2,1-2H3,(H,15,16)(H,17,18)/p-2. The van der Waals surface area contributed by atoms with E-state index < -0.39 is 14.7 Å². The van der Waals surface area contributed by atoms with Gasteiger partial charge in [-0.25, -0.2) is 0 Å². The van der Waals surface area contributed by atoms with Crippen LogP contribution in [-0.4, -0.2) is 12.3 Å². The Hall–Kier alpha value is 0.560. The van der Waals surface area contributed by atoms with Crippen LogP contribution in [0.25, 0.3) is 0 Å². The molecule has 0 aliphatic rings. The highest BCUT2D eigenvalue weighted by Gasteiger charge is 2.16. The van der Waals surface area contributed by atoms with Crippen LogP contribution in [0, 0.1) is 0 Å². The second kappa shape index (κ2) is 7.21. The zero-order valence-corrected chi connectivity index (χ0v) is 16.2. The van der Waals surface area contributed by atoms with E-state index in [4.69, 9.17) is 0 Å². The van der Waals surface area contributed by atoms with Crippen molar-refractivity contribution in [3.8, 4) is 0 Å². The quantitative estimate of drug-likeness (QED) is 0.627. The molecule has 8 heteroatoms. The molecule has 0 spiro atoms. The lowest BCUT2D eigenvalue weighted by atomic mass is 10.1. The van der Waals surface area contributed by atoms with Crippen molar-refractivity contribution < 1.29 is 18.9 Å². The van der Waals surface area contributed by atoms with E-state index in [2.05, 4.69) is 31.9 Å². The Morgan fingerprint density at radius 2 is 1.20 bits per heavy atom. The minimum absolute atomic E-state index is 0.0585. The van der Waals surface area contributed by atoms with Crippen LogP contribution < -0.4 is 9.79 Å². The van der Waals surface area contributed by atoms with E-state index in [1.807, 2.05) is 0 Å². The minimum atomic E-state index is -3.51. The molecule has 0 aromatic heterocycles. The van der Waals surface area contributed by atoms with Crippen LogP contribution in [0.5, 0.6) is 0 Å². The molecule has 2 atom stereocenters. The second-order valence-electron chi connectivity index (χ2n) is 4.61. The predicted molar refractivity (Wildman–Crippen MR) is 85.5 cm³/mol. The third-order valence-corrected chi connectivity index (χ3v) is 8.45. The summed E-state index contributed by atoms with van der Waals surface area (Å²) < 4.78 is 25.0. The lowest BCUT2D eigenvalue weighted by molar-refractivity contribution is -0.176.